The van der Waals surface area contributed by atoms with Crippen molar-refractivity contribution in [3.05, 3.63) is 71.3 Å². The lowest BCUT2D eigenvalue weighted by Crippen LogP contribution is -2.44. The Labute approximate surface area is 186 Å². The van der Waals surface area contributed by atoms with Crippen molar-refractivity contribution in [2.24, 2.45) is 5.92 Å². The second-order valence-corrected chi connectivity index (χ2v) is 8.36. The number of cyclic esters (lactones) is 1. The molecule has 0 spiro atoms. The first-order valence-corrected chi connectivity index (χ1v) is 11.2. The third-order valence-corrected chi connectivity index (χ3v) is 6.87. The molecule has 2 aromatic carbocycles. The van der Waals surface area contributed by atoms with Crippen LogP contribution in [0.1, 0.15) is 17.5 Å². The third kappa shape index (κ3) is 3.94. The number of carbonyl (C=O) groups is 2. The van der Waals surface area contributed by atoms with Gasteiger partial charge >= 0.3 is 6.09 Å². The lowest BCUT2D eigenvalue weighted by Gasteiger charge is -2.27. The number of alkyl halides is 1. The Bertz CT molecular complexity index is 957. The quantitative estimate of drug-likeness (QED) is 0.432. The van der Waals surface area contributed by atoms with Gasteiger partial charge in [0.05, 0.1) is 18.6 Å². The number of hydrogen-bond donors (Lipinski definition) is 0. The van der Waals surface area contributed by atoms with Crippen molar-refractivity contribution >= 4 is 34.6 Å². The predicted molar refractivity (Wildman–Crippen MR) is 113 cm³/mol. The van der Waals surface area contributed by atoms with E-state index >= 15 is 0 Å². The molecule has 2 saturated heterocycles. The van der Waals surface area contributed by atoms with Gasteiger partial charge in [-0.2, -0.15) is 0 Å². The highest BCUT2D eigenvalue weighted by molar-refractivity contribution is 14.1. The molecule has 3 atom stereocenters. The summed E-state index contributed by atoms with van der Waals surface area (Å²) in [6, 6.07) is 12.5. The molecular weight excluding hydrogens is 507 g/mol. The molecule has 8 heteroatoms. The van der Waals surface area contributed by atoms with Gasteiger partial charge in [0, 0.05) is 16.1 Å². The molecule has 0 N–H and O–H groups in total. The number of imide groups is 1. The molecule has 2 aliphatic heterocycles. The number of ether oxygens (including phenoxy) is 2. The normalized spacial score (nSPS) is 26.1. The van der Waals surface area contributed by atoms with Crippen molar-refractivity contribution in [3.63, 3.8) is 0 Å². The largest absolute Gasteiger partial charge is 0.447 e. The van der Waals surface area contributed by atoms with Gasteiger partial charge in [-0.3, -0.25) is 4.79 Å². The van der Waals surface area contributed by atoms with Gasteiger partial charge in [-0.25, -0.2) is 18.5 Å². The summed E-state index contributed by atoms with van der Waals surface area (Å²) in [5.74, 6) is -2.38. The van der Waals surface area contributed by atoms with Crippen molar-refractivity contribution in [2.75, 3.05) is 17.6 Å². The molecular formula is C22H20F2INO4. The zero-order chi connectivity index (χ0) is 21.3. The fourth-order valence-corrected chi connectivity index (χ4v) is 5.05. The first-order valence-electron chi connectivity index (χ1n) is 9.63. The molecule has 2 amide bonds. The van der Waals surface area contributed by atoms with E-state index in [0.29, 0.717) is 10.8 Å². The first kappa shape index (κ1) is 21.2. The van der Waals surface area contributed by atoms with E-state index in [4.69, 9.17) is 9.47 Å². The molecule has 0 bridgehead atoms. The van der Waals surface area contributed by atoms with Gasteiger partial charge in [0.1, 0.15) is 23.8 Å². The molecule has 1 unspecified atom stereocenters. The number of rotatable bonds is 5. The van der Waals surface area contributed by atoms with Crippen molar-refractivity contribution in [3.8, 4) is 0 Å². The minimum absolute atomic E-state index is 0.0560. The minimum Gasteiger partial charge on any atom is -0.447 e. The summed E-state index contributed by atoms with van der Waals surface area (Å²) in [7, 11) is 0. The van der Waals surface area contributed by atoms with Crippen molar-refractivity contribution in [1.29, 1.82) is 0 Å². The number of halogens is 3. The number of hydrogen-bond acceptors (Lipinski definition) is 4. The fourth-order valence-electron chi connectivity index (χ4n) is 4.11. The zero-order valence-electron chi connectivity index (χ0n) is 16.0. The van der Waals surface area contributed by atoms with Crippen molar-refractivity contribution in [2.45, 2.75) is 24.5 Å². The molecule has 2 fully saturated rings. The molecule has 0 saturated carbocycles. The number of carbonyl (C=O) groups excluding carboxylic acids is 2. The van der Waals surface area contributed by atoms with Gasteiger partial charge in [-0.05, 0) is 24.5 Å². The number of amides is 2. The maximum Gasteiger partial charge on any atom is 0.416 e. The van der Waals surface area contributed by atoms with Crippen LogP contribution in [-0.4, -0.2) is 40.6 Å². The smallest absolute Gasteiger partial charge is 0.416 e. The summed E-state index contributed by atoms with van der Waals surface area (Å²) < 4.78 is 39.2. The Hall–Kier alpha value is -2.07. The molecule has 0 radical (unpaired) electrons. The van der Waals surface area contributed by atoms with Crippen molar-refractivity contribution < 1.29 is 27.8 Å². The highest BCUT2D eigenvalue weighted by atomic mass is 127. The molecule has 158 valence electrons. The van der Waals surface area contributed by atoms with Crippen LogP contribution in [0.5, 0.6) is 0 Å². The number of nitrogens with zero attached hydrogens (tertiary/aromatic N) is 1. The summed E-state index contributed by atoms with van der Waals surface area (Å²) in [4.78, 5) is 26.7. The van der Waals surface area contributed by atoms with E-state index in [0.717, 1.165) is 11.6 Å². The monoisotopic (exact) mass is 527 g/mol. The summed E-state index contributed by atoms with van der Waals surface area (Å²) in [5.41, 5.74) is 0.173. The predicted octanol–water partition coefficient (Wildman–Crippen LogP) is 4.22. The van der Waals surface area contributed by atoms with E-state index in [2.05, 4.69) is 22.6 Å². The minimum atomic E-state index is -1.04. The van der Waals surface area contributed by atoms with E-state index in [-0.39, 0.29) is 31.1 Å². The molecule has 4 rings (SSSR count). The Morgan fingerprint density at radius 3 is 2.63 bits per heavy atom. The van der Waals surface area contributed by atoms with Gasteiger partial charge in [0.15, 0.2) is 0 Å². The maximum atomic E-state index is 14.4. The summed E-state index contributed by atoms with van der Waals surface area (Å²) >= 11 is 2.07. The molecule has 5 nitrogen and oxygen atoms in total. The zero-order valence-corrected chi connectivity index (χ0v) is 18.2. The lowest BCUT2D eigenvalue weighted by atomic mass is 9.88. The van der Waals surface area contributed by atoms with Gasteiger partial charge < -0.3 is 9.47 Å². The van der Waals surface area contributed by atoms with Crippen LogP contribution in [0.15, 0.2) is 48.5 Å². The highest BCUT2D eigenvalue weighted by Gasteiger charge is 2.49. The standard InChI is InChI=1S/C22H20F2INO4/c23-16-6-7-18(19(24)9-16)22(13-25)10-15(11-30-22)20(27)26-17(12-29-21(26)28)8-14-4-2-1-3-5-14/h1-7,9,15,17H,8,10-13H2/t15-,17?,22-/m0/s1. The van der Waals surface area contributed by atoms with E-state index in [1.807, 2.05) is 30.3 Å². The summed E-state index contributed by atoms with van der Waals surface area (Å²) in [6.07, 6.45) is 0.0376. The Balaban J connectivity index is 1.53. The van der Waals surface area contributed by atoms with Crippen LogP contribution in [0, 0.1) is 17.6 Å². The molecule has 2 aromatic rings. The van der Waals surface area contributed by atoms with Crippen LogP contribution in [-0.2, 0) is 26.3 Å². The van der Waals surface area contributed by atoms with Gasteiger partial charge in [-0.1, -0.05) is 59.0 Å². The maximum absolute atomic E-state index is 14.4. The lowest BCUT2D eigenvalue weighted by molar-refractivity contribution is -0.133. The second-order valence-electron chi connectivity index (χ2n) is 7.59. The van der Waals surface area contributed by atoms with Gasteiger partial charge in [0.2, 0.25) is 5.91 Å². The van der Waals surface area contributed by atoms with Crippen LogP contribution >= 0.6 is 22.6 Å². The molecule has 2 heterocycles. The molecule has 30 heavy (non-hydrogen) atoms. The van der Waals surface area contributed by atoms with Crippen LogP contribution in [0.25, 0.3) is 0 Å². The van der Waals surface area contributed by atoms with E-state index in [9.17, 15) is 18.4 Å². The fraction of sp³-hybridized carbons (Fsp3) is 0.364. The Kier molecular flexibility index (Phi) is 6.06. The number of benzene rings is 2. The Morgan fingerprint density at radius 2 is 1.93 bits per heavy atom. The van der Waals surface area contributed by atoms with Crippen LogP contribution in [0.3, 0.4) is 0 Å². The van der Waals surface area contributed by atoms with E-state index < -0.39 is 35.3 Å². The van der Waals surface area contributed by atoms with E-state index in [1.54, 1.807) is 0 Å². The van der Waals surface area contributed by atoms with Crippen molar-refractivity contribution in [1.82, 2.24) is 4.90 Å². The van der Waals surface area contributed by atoms with Crippen LogP contribution in [0.4, 0.5) is 13.6 Å². The van der Waals surface area contributed by atoms with Crippen LogP contribution in [0.2, 0.25) is 0 Å². The molecule has 2 aliphatic rings. The summed E-state index contributed by atoms with van der Waals surface area (Å²) in [6.45, 7) is 0.192. The highest BCUT2D eigenvalue weighted by Crippen LogP contribution is 2.43. The SMILES string of the molecule is O=C1OCC(Cc2ccccc2)N1C(=O)[C@@H]1CO[C@@](CI)(c2ccc(F)cc2F)C1. The molecule has 0 aromatic heterocycles. The first-order chi connectivity index (χ1) is 14.4. The second kappa shape index (κ2) is 8.58. The average Bonchev–Trinajstić information content (AvgIpc) is 3.33. The Morgan fingerprint density at radius 1 is 1.17 bits per heavy atom. The van der Waals surface area contributed by atoms with Gasteiger partial charge in [0.25, 0.3) is 0 Å². The summed E-state index contributed by atoms with van der Waals surface area (Å²) in [5, 5.41) is 0. The topological polar surface area (TPSA) is 55.8 Å². The average molecular weight is 527 g/mol. The molecule has 0 aliphatic carbocycles. The van der Waals surface area contributed by atoms with Crippen LogP contribution < -0.4 is 0 Å². The van der Waals surface area contributed by atoms with E-state index in [1.165, 1.54) is 17.0 Å². The van der Waals surface area contributed by atoms with Gasteiger partial charge in [-0.15, -0.1) is 0 Å². The third-order valence-electron chi connectivity index (χ3n) is 5.64.